The monoisotopic (exact) mass is 210 g/mol. The summed E-state index contributed by atoms with van der Waals surface area (Å²) in [7, 11) is 0. The van der Waals surface area contributed by atoms with Gasteiger partial charge in [0, 0.05) is 6.42 Å². The summed E-state index contributed by atoms with van der Waals surface area (Å²) in [5.41, 5.74) is 0. The molecule has 0 radical (unpaired) electrons. The maximum Gasteiger partial charge on any atom is 0.307 e. The summed E-state index contributed by atoms with van der Waals surface area (Å²) in [6, 6.07) is 0. The number of aliphatic carboxylic acids is 1. The van der Waals surface area contributed by atoms with Crippen molar-refractivity contribution in [3.8, 4) is 0 Å². The van der Waals surface area contributed by atoms with Crippen LogP contribution in [0, 0.1) is 5.92 Å². The molecule has 1 saturated carbocycles. The molecule has 2 unspecified atom stereocenters. The van der Waals surface area contributed by atoms with Gasteiger partial charge in [0.25, 0.3) is 0 Å². The van der Waals surface area contributed by atoms with E-state index in [0.717, 1.165) is 19.3 Å². The molecule has 15 heavy (non-hydrogen) atoms. The van der Waals surface area contributed by atoms with Gasteiger partial charge in [-0.25, -0.2) is 0 Å². The first kappa shape index (κ1) is 10.1. The number of unbranched alkanes of at least 4 members (excludes halogenated alkanes) is 1. The predicted molar refractivity (Wildman–Crippen MR) is 51.4 cm³/mol. The average molecular weight is 210 g/mol. The van der Waals surface area contributed by atoms with Crippen molar-refractivity contribution in [2.45, 2.75) is 38.5 Å². The van der Waals surface area contributed by atoms with E-state index in [1.54, 1.807) is 0 Å². The van der Waals surface area contributed by atoms with E-state index in [1.807, 2.05) is 0 Å². The van der Waals surface area contributed by atoms with Gasteiger partial charge in [-0.2, -0.15) is 4.98 Å². The molecule has 1 aliphatic rings. The van der Waals surface area contributed by atoms with Crippen LogP contribution in [-0.2, 0) is 11.2 Å². The third-order valence-electron chi connectivity index (χ3n) is 2.66. The van der Waals surface area contributed by atoms with E-state index in [1.165, 1.54) is 0 Å². The summed E-state index contributed by atoms with van der Waals surface area (Å²) >= 11 is 0. The Morgan fingerprint density at radius 2 is 2.47 bits per heavy atom. The Morgan fingerprint density at radius 1 is 1.67 bits per heavy atom. The zero-order valence-corrected chi connectivity index (χ0v) is 8.64. The normalized spacial score (nSPS) is 24.1. The van der Waals surface area contributed by atoms with E-state index in [9.17, 15) is 4.79 Å². The Kier molecular flexibility index (Phi) is 2.70. The zero-order valence-electron chi connectivity index (χ0n) is 8.64. The van der Waals surface area contributed by atoms with Crippen LogP contribution in [0.25, 0.3) is 0 Å². The van der Waals surface area contributed by atoms with Gasteiger partial charge in [-0.05, 0) is 12.8 Å². The maximum atomic E-state index is 10.6. The Balaban J connectivity index is 1.94. The largest absolute Gasteiger partial charge is 0.481 e. The number of nitrogens with zero attached hydrogens (tertiary/aromatic N) is 2. The summed E-state index contributed by atoms with van der Waals surface area (Å²) in [6.07, 6.45) is 3.56. The molecule has 0 aliphatic heterocycles. The third kappa shape index (κ3) is 2.16. The number of hydrogen-bond acceptors (Lipinski definition) is 4. The molecule has 5 heteroatoms. The van der Waals surface area contributed by atoms with Gasteiger partial charge in [0.1, 0.15) is 0 Å². The SMILES string of the molecule is CCCCc1noc(C2CC2C(=O)O)n1. The van der Waals surface area contributed by atoms with E-state index < -0.39 is 5.97 Å². The standard InChI is InChI=1S/C10H14N2O3/c1-2-3-4-8-11-9(15-12-8)6-5-7(6)10(13)14/h6-7H,2-5H2,1H3,(H,13,14). The summed E-state index contributed by atoms with van der Waals surface area (Å²) in [5.74, 6) is 0.0551. The molecule has 1 aliphatic carbocycles. The highest BCUT2D eigenvalue weighted by molar-refractivity contribution is 5.74. The number of carboxylic acids is 1. The van der Waals surface area contributed by atoms with Crippen molar-refractivity contribution in [3.63, 3.8) is 0 Å². The maximum absolute atomic E-state index is 10.6. The molecule has 1 N–H and O–H groups in total. The van der Waals surface area contributed by atoms with Crippen molar-refractivity contribution in [1.82, 2.24) is 10.1 Å². The molecular weight excluding hydrogens is 196 g/mol. The third-order valence-corrected chi connectivity index (χ3v) is 2.66. The van der Waals surface area contributed by atoms with Gasteiger partial charge in [-0.15, -0.1) is 0 Å². The number of hydrogen-bond donors (Lipinski definition) is 1. The van der Waals surface area contributed by atoms with Crippen molar-refractivity contribution >= 4 is 5.97 Å². The summed E-state index contributed by atoms with van der Waals surface area (Å²) in [6.45, 7) is 2.10. The van der Waals surface area contributed by atoms with Crippen LogP contribution in [0.3, 0.4) is 0 Å². The number of carboxylic acid groups (broad SMARTS) is 1. The molecule has 1 aromatic heterocycles. The fraction of sp³-hybridized carbons (Fsp3) is 0.700. The highest BCUT2D eigenvalue weighted by Gasteiger charge is 2.48. The van der Waals surface area contributed by atoms with Crippen LogP contribution in [0.1, 0.15) is 43.8 Å². The Labute approximate surface area is 87.5 Å². The van der Waals surface area contributed by atoms with Gasteiger partial charge in [-0.3, -0.25) is 4.79 Å². The number of carbonyl (C=O) groups is 1. The van der Waals surface area contributed by atoms with Crippen LogP contribution in [0.4, 0.5) is 0 Å². The molecule has 0 aromatic carbocycles. The molecule has 0 amide bonds. The van der Waals surface area contributed by atoms with Gasteiger partial charge >= 0.3 is 5.97 Å². The number of aromatic nitrogens is 2. The summed E-state index contributed by atoms with van der Waals surface area (Å²) in [4.78, 5) is 14.8. The van der Waals surface area contributed by atoms with Crippen molar-refractivity contribution in [2.24, 2.45) is 5.92 Å². The molecule has 82 valence electrons. The molecule has 2 rings (SSSR count). The summed E-state index contributed by atoms with van der Waals surface area (Å²) in [5, 5.41) is 12.6. The van der Waals surface area contributed by atoms with Crippen LogP contribution in [-0.4, -0.2) is 21.2 Å². The Morgan fingerprint density at radius 3 is 3.07 bits per heavy atom. The Bertz CT molecular complexity index is 361. The molecule has 1 aromatic rings. The van der Waals surface area contributed by atoms with Gasteiger partial charge in [0.2, 0.25) is 5.89 Å². The zero-order chi connectivity index (χ0) is 10.8. The second kappa shape index (κ2) is 4.00. The molecule has 0 bridgehead atoms. The van der Waals surface area contributed by atoms with Gasteiger partial charge in [0.15, 0.2) is 5.82 Å². The molecule has 0 saturated heterocycles. The average Bonchev–Trinajstić information content (AvgIpc) is 2.89. The first-order valence-electron chi connectivity index (χ1n) is 5.27. The van der Waals surface area contributed by atoms with Crippen molar-refractivity contribution in [3.05, 3.63) is 11.7 Å². The topological polar surface area (TPSA) is 76.2 Å². The van der Waals surface area contributed by atoms with Crippen molar-refractivity contribution in [2.75, 3.05) is 0 Å². The van der Waals surface area contributed by atoms with Crippen molar-refractivity contribution < 1.29 is 14.4 Å². The fourth-order valence-electron chi connectivity index (χ4n) is 1.60. The lowest BCUT2D eigenvalue weighted by Crippen LogP contribution is -1.99. The lowest BCUT2D eigenvalue weighted by atomic mass is 10.2. The highest BCUT2D eigenvalue weighted by atomic mass is 16.5. The molecule has 1 fully saturated rings. The van der Waals surface area contributed by atoms with Crippen LogP contribution < -0.4 is 0 Å². The van der Waals surface area contributed by atoms with E-state index in [2.05, 4.69) is 17.1 Å². The van der Waals surface area contributed by atoms with E-state index >= 15 is 0 Å². The van der Waals surface area contributed by atoms with Gasteiger partial charge < -0.3 is 9.63 Å². The van der Waals surface area contributed by atoms with Crippen LogP contribution in [0.15, 0.2) is 4.52 Å². The van der Waals surface area contributed by atoms with E-state index in [0.29, 0.717) is 18.1 Å². The minimum absolute atomic E-state index is 0.0506. The molecule has 5 nitrogen and oxygen atoms in total. The van der Waals surface area contributed by atoms with Gasteiger partial charge in [-0.1, -0.05) is 18.5 Å². The minimum atomic E-state index is -0.770. The Hall–Kier alpha value is -1.39. The molecule has 1 heterocycles. The smallest absolute Gasteiger partial charge is 0.307 e. The lowest BCUT2D eigenvalue weighted by Gasteiger charge is -1.88. The number of aryl methyl sites for hydroxylation is 1. The molecular formula is C10H14N2O3. The van der Waals surface area contributed by atoms with E-state index in [-0.39, 0.29) is 11.8 Å². The molecule has 2 atom stereocenters. The first-order valence-corrected chi connectivity index (χ1v) is 5.27. The van der Waals surface area contributed by atoms with E-state index in [4.69, 9.17) is 9.63 Å². The lowest BCUT2D eigenvalue weighted by molar-refractivity contribution is -0.138. The van der Waals surface area contributed by atoms with Crippen molar-refractivity contribution in [1.29, 1.82) is 0 Å². The van der Waals surface area contributed by atoms with Crippen LogP contribution in [0.2, 0.25) is 0 Å². The van der Waals surface area contributed by atoms with Crippen LogP contribution >= 0.6 is 0 Å². The van der Waals surface area contributed by atoms with Gasteiger partial charge in [0.05, 0.1) is 11.8 Å². The second-order valence-electron chi connectivity index (χ2n) is 3.94. The second-order valence-corrected chi connectivity index (χ2v) is 3.94. The summed E-state index contributed by atoms with van der Waals surface area (Å²) < 4.78 is 5.04. The minimum Gasteiger partial charge on any atom is -0.481 e. The predicted octanol–water partition coefficient (Wildman–Crippen LogP) is 1.60. The highest BCUT2D eigenvalue weighted by Crippen LogP contribution is 2.46. The quantitative estimate of drug-likeness (QED) is 0.798. The molecule has 0 spiro atoms. The number of rotatable bonds is 5. The first-order chi connectivity index (χ1) is 7.22. The fourth-order valence-corrected chi connectivity index (χ4v) is 1.60. The van der Waals surface area contributed by atoms with Crippen LogP contribution in [0.5, 0.6) is 0 Å².